The third-order valence-corrected chi connectivity index (χ3v) is 3.25. The van der Waals surface area contributed by atoms with Crippen LogP contribution in [0.3, 0.4) is 0 Å². The molecule has 2 rings (SSSR count). The van der Waals surface area contributed by atoms with Crippen LogP contribution in [0.1, 0.15) is 20.7 Å². The van der Waals surface area contributed by atoms with Crippen molar-refractivity contribution < 1.29 is 23.8 Å². The molecule has 0 aliphatic rings. The van der Waals surface area contributed by atoms with Crippen molar-refractivity contribution in [3.63, 3.8) is 0 Å². The number of carbonyl (C=O) groups is 2. The predicted molar refractivity (Wildman–Crippen MR) is 81.7 cm³/mol. The van der Waals surface area contributed by atoms with E-state index < -0.39 is 5.97 Å². The molecule has 5 nitrogen and oxygen atoms in total. The van der Waals surface area contributed by atoms with Crippen molar-refractivity contribution in [2.75, 3.05) is 21.3 Å². The van der Waals surface area contributed by atoms with Gasteiger partial charge in [0.15, 0.2) is 6.29 Å². The highest BCUT2D eigenvalue weighted by atomic mass is 16.5. The summed E-state index contributed by atoms with van der Waals surface area (Å²) in [5.74, 6) is 0.490. The van der Waals surface area contributed by atoms with Crippen LogP contribution in [-0.2, 0) is 4.74 Å². The SMILES string of the molecule is COC(=O)c1cc(OC)cc(-c2cccc(C=O)c2OC)c1. The molecule has 0 aromatic heterocycles. The van der Waals surface area contributed by atoms with Crippen LogP contribution in [0.25, 0.3) is 11.1 Å². The molecule has 0 spiro atoms. The van der Waals surface area contributed by atoms with Gasteiger partial charge >= 0.3 is 5.97 Å². The van der Waals surface area contributed by atoms with Gasteiger partial charge in [0.1, 0.15) is 11.5 Å². The Kier molecular flexibility index (Phi) is 4.78. The molecule has 114 valence electrons. The quantitative estimate of drug-likeness (QED) is 0.627. The Morgan fingerprint density at radius 2 is 1.82 bits per heavy atom. The normalized spacial score (nSPS) is 9.95. The van der Waals surface area contributed by atoms with E-state index in [2.05, 4.69) is 0 Å². The number of aldehydes is 1. The Bertz CT molecular complexity index is 706. The molecule has 0 atom stereocenters. The Hall–Kier alpha value is -2.82. The van der Waals surface area contributed by atoms with Gasteiger partial charge in [0.05, 0.1) is 32.5 Å². The highest BCUT2D eigenvalue weighted by Gasteiger charge is 2.15. The molecule has 5 heteroatoms. The van der Waals surface area contributed by atoms with E-state index in [0.717, 1.165) is 6.29 Å². The number of esters is 1. The fraction of sp³-hybridized carbons (Fsp3) is 0.176. The van der Waals surface area contributed by atoms with Crippen LogP contribution in [0.5, 0.6) is 11.5 Å². The molecular formula is C17H16O5. The molecule has 0 amide bonds. The van der Waals surface area contributed by atoms with Crippen molar-refractivity contribution in [1.82, 2.24) is 0 Å². The fourth-order valence-corrected chi connectivity index (χ4v) is 2.21. The average Bonchev–Trinajstić information content (AvgIpc) is 2.59. The molecule has 0 radical (unpaired) electrons. The first kappa shape index (κ1) is 15.6. The Labute approximate surface area is 128 Å². The molecule has 22 heavy (non-hydrogen) atoms. The van der Waals surface area contributed by atoms with Crippen molar-refractivity contribution >= 4 is 12.3 Å². The zero-order chi connectivity index (χ0) is 16.1. The maximum Gasteiger partial charge on any atom is 0.338 e. The van der Waals surface area contributed by atoms with Crippen LogP contribution in [0, 0.1) is 0 Å². The fourth-order valence-electron chi connectivity index (χ4n) is 2.21. The van der Waals surface area contributed by atoms with E-state index >= 15 is 0 Å². The molecule has 0 N–H and O–H groups in total. The third kappa shape index (κ3) is 2.93. The van der Waals surface area contributed by atoms with E-state index in [4.69, 9.17) is 14.2 Å². The van der Waals surface area contributed by atoms with Crippen LogP contribution in [0.15, 0.2) is 36.4 Å². The minimum absolute atomic E-state index is 0.357. The van der Waals surface area contributed by atoms with Gasteiger partial charge in [-0.15, -0.1) is 0 Å². The van der Waals surface area contributed by atoms with Crippen molar-refractivity contribution in [3.05, 3.63) is 47.5 Å². The molecule has 0 unspecified atom stereocenters. The molecule has 0 heterocycles. The molecule has 2 aromatic rings. The van der Waals surface area contributed by atoms with Gasteiger partial charge in [-0.25, -0.2) is 4.79 Å². The Morgan fingerprint density at radius 1 is 1.05 bits per heavy atom. The van der Waals surface area contributed by atoms with Crippen molar-refractivity contribution in [1.29, 1.82) is 0 Å². The lowest BCUT2D eigenvalue weighted by atomic mass is 9.99. The first-order valence-corrected chi connectivity index (χ1v) is 6.54. The highest BCUT2D eigenvalue weighted by Crippen LogP contribution is 2.35. The first-order valence-electron chi connectivity index (χ1n) is 6.54. The van der Waals surface area contributed by atoms with E-state index in [1.54, 1.807) is 30.3 Å². The second kappa shape index (κ2) is 6.76. The number of para-hydroxylation sites is 1. The summed E-state index contributed by atoms with van der Waals surface area (Å²) in [6, 6.07) is 10.2. The first-order chi connectivity index (χ1) is 10.6. The second-order valence-corrected chi connectivity index (χ2v) is 4.49. The monoisotopic (exact) mass is 300 g/mol. The maximum atomic E-state index is 11.8. The number of methoxy groups -OCH3 is 3. The smallest absolute Gasteiger partial charge is 0.338 e. The van der Waals surface area contributed by atoms with Gasteiger partial charge < -0.3 is 14.2 Å². The summed E-state index contributed by atoms with van der Waals surface area (Å²) in [5.41, 5.74) is 2.18. The predicted octanol–water partition coefficient (Wildman–Crippen LogP) is 2.97. The van der Waals surface area contributed by atoms with E-state index in [9.17, 15) is 9.59 Å². The summed E-state index contributed by atoms with van der Waals surface area (Å²) in [7, 11) is 4.32. The molecule has 0 aliphatic heterocycles. The summed E-state index contributed by atoms with van der Waals surface area (Å²) < 4.78 is 15.3. The Balaban J connectivity index is 2.66. The van der Waals surface area contributed by atoms with Crippen molar-refractivity contribution in [2.24, 2.45) is 0 Å². The van der Waals surface area contributed by atoms with E-state index in [1.807, 2.05) is 6.07 Å². The highest BCUT2D eigenvalue weighted by molar-refractivity contribution is 5.93. The molecule has 0 bridgehead atoms. The van der Waals surface area contributed by atoms with E-state index in [1.165, 1.54) is 21.3 Å². The van der Waals surface area contributed by atoms with Gasteiger partial charge in [-0.1, -0.05) is 12.1 Å². The topological polar surface area (TPSA) is 61.8 Å². The minimum atomic E-state index is -0.467. The number of benzene rings is 2. The van der Waals surface area contributed by atoms with Crippen LogP contribution >= 0.6 is 0 Å². The number of hydrogen-bond donors (Lipinski definition) is 0. The molecule has 0 fully saturated rings. The lowest BCUT2D eigenvalue weighted by molar-refractivity contribution is 0.0600. The van der Waals surface area contributed by atoms with Gasteiger partial charge in [0, 0.05) is 5.56 Å². The molecule has 2 aromatic carbocycles. The van der Waals surface area contributed by atoms with Crippen molar-refractivity contribution in [3.8, 4) is 22.6 Å². The van der Waals surface area contributed by atoms with E-state index in [0.29, 0.717) is 33.8 Å². The summed E-state index contributed by atoms with van der Waals surface area (Å²) in [6.07, 6.45) is 0.726. The van der Waals surface area contributed by atoms with E-state index in [-0.39, 0.29) is 0 Å². The summed E-state index contributed by atoms with van der Waals surface area (Å²) in [5, 5.41) is 0. The van der Waals surface area contributed by atoms with Gasteiger partial charge in [-0.3, -0.25) is 4.79 Å². The lowest BCUT2D eigenvalue weighted by Gasteiger charge is -2.13. The zero-order valence-electron chi connectivity index (χ0n) is 12.6. The molecular weight excluding hydrogens is 284 g/mol. The summed E-state index contributed by atoms with van der Waals surface area (Å²) >= 11 is 0. The van der Waals surface area contributed by atoms with Crippen molar-refractivity contribution in [2.45, 2.75) is 0 Å². The van der Waals surface area contributed by atoms with Crippen LogP contribution in [0.4, 0.5) is 0 Å². The average molecular weight is 300 g/mol. The van der Waals surface area contributed by atoms with Crippen LogP contribution in [0.2, 0.25) is 0 Å². The van der Waals surface area contributed by atoms with Crippen LogP contribution < -0.4 is 9.47 Å². The number of carbonyl (C=O) groups excluding carboxylic acids is 2. The molecule has 0 saturated heterocycles. The number of hydrogen-bond acceptors (Lipinski definition) is 5. The minimum Gasteiger partial charge on any atom is -0.497 e. The number of ether oxygens (including phenoxy) is 3. The van der Waals surface area contributed by atoms with Crippen LogP contribution in [-0.4, -0.2) is 33.6 Å². The summed E-state index contributed by atoms with van der Waals surface area (Å²) in [6.45, 7) is 0. The van der Waals surface area contributed by atoms with Gasteiger partial charge in [-0.2, -0.15) is 0 Å². The molecule has 0 aliphatic carbocycles. The number of rotatable bonds is 5. The Morgan fingerprint density at radius 3 is 2.41 bits per heavy atom. The largest absolute Gasteiger partial charge is 0.497 e. The standard InChI is InChI=1S/C17H16O5/c1-20-14-8-12(7-13(9-14)17(19)22-3)15-6-4-5-11(10-18)16(15)21-2/h4-10H,1-3H3. The van der Waals surface area contributed by atoms with Gasteiger partial charge in [0.2, 0.25) is 0 Å². The third-order valence-electron chi connectivity index (χ3n) is 3.25. The second-order valence-electron chi connectivity index (χ2n) is 4.49. The lowest BCUT2D eigenvalue weighted by Crippen LogP contribution is -2.02. The summed E-state index contributed by atoms with van der Waals surface area (Å²) in [4.78, 5) is 22.9. The maximum absolute atomic E-state index is 11.8. The van der Waals surface area contributed by atoms with Gasteiger partial charge in [0.25, 0.3) is 0 Å². The zero-order valence-corrected chi connectivity index (χ0v) is 12.6. The molecule has 0 saturated carbocycles. The van der Waals surface area contributed by atoms with Gasteiger partial charge in [-0.05, 0) is 29.8 Å².